The minimum absolute atomic E-state index is 0.116. The molecule has 2 heterocycles. The average molecular weight is 431 g/mol. The number of pyridine rings is 1. The highest BCUT2D eigenvalue weighted by Crippen LogP contribution is 2.39. The molecular weight excluding hydrogens is 404 g/mol. The lowest BCUT2D eigenvalue weighted by atomic mass is 10.1. The third-order valence-electron chi connectivity index (χ3n) is 5.31. The van der Waals surface area contributed by atoms with Gasteiger partial charge in [0.1, 0.15) is 11.3 Å². The molecule has 32 heavy (non-hydrogen) atoms. The zero-order chi connectivity index (χ0) is 22.8. The number of benzene rings is 2. The van der Waals surface area contributed by atoms with Crippen LogP contribution in [0.25, 0.3) is 16.9 Å². The number of fused-ring (bicyclic) bond motifs is 1. The number of methoxy groups -OCH3 is 2. The summed E-state index contributed by atoms with van der Waals surface area (Å²) < 4.78 is 12.8. The molecule has 0 aliphatic heterocycles. The zero-order valence-electron chi connectivity index (χ0n) is 18.9. The minimum Gasteiger partial charge on any atom is -0.493 e. The number of anilines is 3. The number of hydrogen-bond donors (Lipinski definition) is 0. The third kappa shape index (κ3) is 3.73. The maximum atomic E-state index is 12.9. The van der Waals surface area contributed by atoms with Gasteiger partial charge in [-0.2, -0.15) is 0 Å². The van der Waals surface area contributed by atoms with Gasteiger partial charge in [-0.25, -0.2) is 4.98 Å². The van der Waals surface area contributed by atoms with Crippen LogP contribution in [-0.2, 0) is 4.79 Å². The molecule has 0 radical (unpaired) electrons. The summed E-state index contributed by atoms with van der Waals surface area (Å²) in [5, 5.41) is 0. The van der Waals surface area contributed by atoms with E-state index in [9.17, 15) is 4.79 Å². The molecular formula is C25H26N4O3. The van der Waals surface area contributed by atoms with Crippen LogP contribution in [0.2, 0.25) is 0 Å². The Bertz CT molecular complexity index is 1260. The topological polar surface area (TPSA) is 59.3 Å². The summed E-state index contributed by atoms with van der Waals surface area (Å²) in [5.41, 5.74) is 4.04. The van der Waals surface area contributed by atoms with Crippen molar-refractivity contribution in [1.82, 2.24) is 9.38 Å². The second kappa shape index (κ2) is 8.63. The first-order valence-electron chi connectivity index (χ1n) is 10.2. The van der Waals surface area contributed by atoms with Crippen LogP contribution in [-0.4, -0.2) is 43.6 Å². The highest BCUT2D eigenvalue weighted by molar-refractivity contribution is 6.02. The molecule has 0 spiro atoms. The Kier molecular flexibility index (Phi) is 5.73. The predicted octanol–water partition coefficient (Wildman–Crippen LogP) is 4.77. The highest BCUT2D eigenvalue weighted by atomic mass is 16.5. The largest absolute Gasteiger partial charge is 0.493 e. The van der Waals surface area contributed by atoms with Gasteiger partial charge in [-0.1, -0.05) is 6.07 Å². The summed E-state index contributed by atoms with van der Waals surface area (Å²) in [5.74, 6) is 1.77. The van der Waals surface area contributed by atoms with Gasteiger partial charge in [0, 0.05) is 38.5 Å². The zero-order valence-corrected chi connectivity index (χ0v) is 18.9. The quantitative estimate of drug-likeness (QED) is 0.441. The monoisotopic (exact) mass is 430 g/mol. The van der Waals surface area contributed by atoms with Gasteiger partial charge in [0.05, 0.1) is 19.9 Å². The maximum absolute atomic E-state index is 12.9. The average Bonchev–Trinajstić information content (AvgIpc) is 3.18. The van der Waals surface area contributed by atoms with Crippen molar-refractivity contribution < 1.29 is 14.3 Å². The predicted molar refractivity (Wildman–Crippen MR) is 127 cm³/mol. The molecule has 2 aromatic heterocycles. The van der Waals surface area contributed by atoms with E-state index in [1.807, 2.05) is 90.3 Å². The van der Waals surface area contributed by atoms with Crippen LogP contribution in [0, 0.1) is 0 Å². The Morgan fingerprint density at radius 1 is 0.906 bits per heavy atom. The van der Waals surface area contributed by atoms with Crippen molar-refractivity contribution >= 4 is 28.7 Å². The molecule has 7 heteroatoms. The molecule has 0 N–H and O–H groups in total. The van der Waals surface area contributed by atoms with Crippen molar-refractivity contribution in [2.45, 2.75) is 6.92 Å². The van der Waals surface area contributed by atoms with Gasteiger partial charge in [-0.3, -0.25) is 14.1 Å². The molecule has 164 valence electrons. The van der Waals surface area contributed by atoms with Crippen molar-refractivity contribution in [3.8, 4) is 22.8 Å². The van der Waals surface area contributed by atoms with Crippen LogP contribution in [0.1, 0.15) is 6.92 Å². The Hall–Kier alpha value is -4.00. The summed E-state index contributed by atoms with van der Waals surface area (Å²) in [4.78, 5) is 21.5. The van der Waals surface area contributed by atoms with Crippen molar-refractivity contribution in [3.63, 3.8) is 0 Å². The second-order valence-electron chi connectivity index (χ2n) is 7.55. The van der Waals surface area contributed by atoms with Gasteiger partial charge in [-0.15, -0.1) is 0 Å². The fraction of sp³-hybridized carbons (Fsp3) is 0.200. The van der Waals surface area contributed by atoms with Crippen molar-refractivity contribution in [1.29, 1.82) is 0 Å². The van der Waals surface area contributed by atoms with Crippen LogP contribution in [0.5, 0.6) is 11.5 Å². The van der Waals surface area contributed by atoms with Gasteiger partial charge >= 0.3 is 0 Å². The number of carbonyl (C=O) groups is 1. The number of amides is 1. The van der Waals surface area contributed by atoms with Crippen LogP contribution >= 0.6 is 0 Å². The van der Waals surface area contributed by atoms with Crippen molar-refractivity contribution in [2.24, 2.45) is 0 Å². The van der Waals surface area contributed by atoms with Crippen LogP contribution in [0.15, 0.2) is 66.9 Å². The Morgan fingerprint density at radius 2 is 1.59 bits per heavy atom. The van der Waals surface area contributed by atoms with Gasteiger partial charge < -0.3 is 14.4 Å². The van der Waals surface area contributed by atoms with E-state index in [1.165, 1.54) is 0 Å². The van der Waals surface area contributed by atoms with E-state index in [4.69, 9.17) is 14.5 Å². The van der Waals surface area contributed by atoms with E-state index in [0.717, 1.165) is 22.6 Å². The molecule has 2 aromatic carbocycles. The highest BCUT2D eigenvalue weighted by Gasteiger charge is 2.25. The number of rotatable bonds is 6. The lowest BCUT2D eigenvalue weighted by Crippen LogP contribution is -2.24. The molecule has 7 nitrogen and oxygen atoms in total. The fourth-order valence-corrected chi connectivity index (χ4v) is 3.73. The second-order valence-corrected chi connectivity index (χ2v) is 7.55. The normalized spacial score (nSPS) is 10.8. The maximum Gasteiger partial charge on any atom is 0.229 e. The number of aromatic nitrogens is 2. The number of nitrogens with zero attached hydrogens (tertiary/aromatic N) is 4. The first-order chi connectivity index (χ1) is 15.4. The lowest BCUT2D eigenvalue weighted by Gasteiger charge is -2.23. The number of ether oxygens (including phenoxy) is 2. The SMILES string of the molecule is COc1ccc(-c2nc3ccccn3c2N(C(C)=O)c2ccc(N(C)C)cc2)cc1OC. The first kappa shape index (κ1) is 21.2. The van der Waals surface area contributed by atoms with E-state index >= 15 is 0 Å². The van der Waals surface area contributed by atoms with Crippen molar-refractivity contribution in [2.75, 3.05) is 38.1 Å². The summed E-state index contributed by atoms with van der Waals surface area (Å²) in [6, 6.07) is 19.3. The van der Waals surface area contributed by atoms with Crippen LogP contribution < -0.4 is 19.3 Å². The summed E-state index contributed by atoms with van der Waals surface area (Å²) in [6.45, 7) is 1.56. The molecule has 0 unspecified atom stereocenters. The lowest BCUT2D eigenvalue weighted by molar-refractivity contribution is -0.115. The smallest absolute Gasteiger partial charge is 0.229 e. The summed E-state index contributed by atoms with van der Waals surface area (Å²) in [7, 11) is 7.16. The Balaban J connectivity index is 1.95. The van der Waals surface area contributed by atoms with E-state index < -0.39 is 0 Å². The van der Waals surface area contributed by atoms with E-state index in [2.05, 4.69) is 0 Å². The molecule has 0 saturated carbocycles. The fourth-order valence-electron chi connectivity index (χ4n) is 3.73. The number of carbonyl (C=O) groups excluding carboxylic acids is 1. The number of hydrogen-bond acceptors (Lipinski definition) is 5. The third-order valence-corrected chi connectivity index (χ3v) is 5.31. The van der Waals surface area contributed by atoms with E-state index in [1.54, 1.807) is 26.0 Å². The molecule has 0 bridgehead atoms. The first-order valence-corrected chi connectivity index (χ1v) is 10.2. The molecule has 0 aliphatic rings. The Morgan fingerprint density at radius 3 is 2.22 bits per heavy atom. The van der Waals surface area contributed by atoms with Gasteiger partial charge in [0.2, 0.25) is 5.91 Å². The van der Waals surface area contributed by atoms with Crippen LogP contribution in [0.4, 0.5) is 17.2 Å². The molecule has 4 aromatic rings. The minimum atomic E-state index is -0.116. The van der Waals surface area contributed by atoms with Crippen molar-refractivity contribution in [3.05, 3.63) is 66.9 Å². The van der Waals surface area contributed by atoms with Crippen LogP contribution in [0.3, 0.4) is 0 Å². The Labute approximate surface area is 187 Å². The molecule has 4 rings (SSSR count). The van der Waals surface area contributed by atoms with E-state index in [0.29, 0.717) is 23.0 Å². The standard InChI is InChI=1S/C25H26N4O3/c1-17(30)29(20-12-10-19(11-13-20)27(2)3)25-24(26-23-8-6-7-15-28(23)25)18-9-14-21(31-4)22(16-18)32-5/h6-16H,1-5H3. The molecule has 0 saturated heterocycles. The van der Waals surface area contributed by atoms with Gasteiger partial charge in [0.15, 0.2) is 17.3 Å². The molecule has 0 atom stereocenters. The number of imidazole rings is 1. The molecule has 0 fully saturated rings. The van der Waals surface area contributed by atoms with Gasteiger partial charge in [0.25, 0.3) is 0 Å². The van der Waals surface area contributed by atoms with E-state index in [-0.39, 0.29) is 5.91 Å². The summed E-state index contributed by atoms with van der Waals surface area (Å²) in [6.07, 6.45) is 1.91. The molecule has 1 amide bonds. The molecule has 0 aliphatic carbocycles. The summed E-state index contributed by atoms with van der Waals surface area (Å²) >= 11 is 0. The van der Waals surface area contributed by atoms with Gasteiger partial charge in [-0.05, 0) is 54.6 Å².